The number of carbonyl (C=O) groups is 1. The summed E-state index contributed by atoms with van der Waals surface area (Å²) in [6, 6.07) is 3.42. The average molecular weight is 370 g/mol. The fraction of sp³-hybridized carbons (Fsp3) is 0.667. The number of hydrogen-bond acceptors (Lipinski definition) is 4. The van der Waals surface area contributed by atoms with Crippen LogP contribution in [0.2, 0.25) is 0 Å². The second-order valence-corrected chi connectivity index (χ2v) is 8.36. The van der Waals surface area contributed by atoms with Crippen LogP contribution < -0.4 is 5.32 Å². The van der Waals surface area contributed by atoms with Crippen molar-refractivity contribution in [3.8, 4) is 0 Å². The minimum atomic E-state index is 0.0256. The van der Waals surface area contributed by atoms with E-state index in [0.717, 1.165) is 60.2 Å². The van der Waals surface area contributed by atoms with Gasteiger partial charge in [-0.25, -0.2) is 9.67 Å². The van der Waals surface area contributed by atoms with Gasteiger partial charge in [-0.3, -0.25) is 4.79 Å². The highest BCUT2D eigenvalue weighted by Gasteiger charge is 2.39. The molecule has 4 heterocycles. The maximum absolute atomic E-state index is 13.2. The summed E-state index contributed by atoms with van der Waals surface area (Å²) >= 11 is 0. The van der Waals surface area contributed by atoms with Crippen LogP contribution in [0, 0.1) is 13.8 Å². The van der Waals surface area contributed by atoms with Gasteiger partial charge < -0.3 is 10.2 Å². The number of unbranched alkanes of at least 4 members (excludes halogenated alkanes) is 1. The number of rotatable bonds is 5. The van der Waals surface area contributed by atoms with Crippen LogP contribution in [0.25, 0.3) is 11.0 Å². The minimum Gasteiger partial charge on any atom is -0.349 e. The zero-order valence-corrected chi connectivity index (χ0v) is 17.0. The van der Waals surface area contributed by atoms with Crippen LogP contribution in [0.5, 0.6) is 0 Å². The molecule has 2 aliphatic rings. The van der Waals surface area contributed by atoms with Gasteiger partial charge in [-0.1, -0.05) is 13.3 Å². The zero-order chi connectivity index (χ0) is 19.1. The van der Waals surface area contributed by atoms with Crippen LogP contribution in [0.3, 0.4) is 0 Å². The summed E-state index contributed by atoms with van der Waals surface area (Å²) in [6.45, 7) is 6.95. The monoisotopic (exact) mass is 369 g/mol. The molecule has 0 radical (unpaired) electrons. The Labute approximate surface area is 161 Å². The Balaban J connectivity index is 1.61. The van der Waals surface area contributed by atoms with Gasteiger partial charge in [-0.05, 0) is 59.1 Å². The van der Waals surface area contributed by atoms with E-state index in [4.69, 9.17) is 4.98 Å². The third kappa shape index (κ3) is 3.35. The number of piperidine rings is 1. The lowest BCUT2D eigenvalue weighted by atomic mass is 9.97. The molecule has 2 bridgehead atoms. The molecular weight excluding hydrogens is 338 g/mol. The predicted molar refractivity (Wildman–Crippen MR) is 107 cm³/mol. The second-order valence-electron chi connectivity index (χ2n) is 8.36. The maximum Gasteiger partial charge on any atom is 0.252 e. The standard InChI is InChI=1S/C21H31N5O/c1-5-6-9-26-20-19(14(3)24-26)18(10-13(2)22-20)21(27)23-15-11-16-7-8-17(12-15)25(16)4/h10,15-17H,5-9,11-12H2,1-4H3,(H,23,27)/t16-,17-/m0/s1. The van der Waals surface area contributed by atoms with Crippen molar-refractivity contribution in [2.24, 2.45) is 0 Å². The predicted octanol–water partition coefficient (Wildman–Crippen LogP) is 3.20. The Morgan fingerprint density at radius 3 is 2.63 bits per heavy atom. The van der Waals surface area contributed by atoms with E-state index in [1.54, 1.807) is 0 Å². The number of fused-ring (bicyclic) bond motifs is 3. The molecule has 2 fully saturated rings. The highest BCUT2D eigenvalue weighted by molar-refractivity contribution is 6.06. The summed E-state index contributed by atoms with van der Waals surface area (Å²) in [5.74, 6) is 0.0256. The van der Waals surface area contributed by atoms with E-state index >= 15 is 0 Å². The molecule has 0 spiro atoms. The SMILES string of the molecule is CCCCn1nc(C)c2c(C(=O)NC3C[C@@H]4CC[C@@H](C3)N4C)cc(C)nc21. The van der Waals surface area contributed by atoms with Crippen LogP contribution in [0.15, 0.2) is 6.07 Å². The van der Waals surface area contributed by atoms with Crippen molar-refractivity contribution < 1.29 is 4.79 Å². The molecule has 2 aromatic heterocycles. The first kappa shape index (κ1) is 18.4. The molecule has 27 heavy (non-hydrogen) atoms. The molecule has 4 rings (SSSR count). The van der Waals surface area contributed by atoms with Gasteiger partial charge in [0, 0.05) is 30.4 Å². The molecular formula is C21H31N5O. The van der Waals surface area contributed by atoms with E-state index in [2.05, 4.69) is 29.3 Å². The van der Waals surface area contributed by atoms with E-state index in [-0.39, 0.29) is 11.9 Å². The molecule has 146 valence electrons. The first-order valence-electron chi connectivity index (χ1n) is 10.4. The molecule has 2 aliphatic heterocycles. The van der Waals surface area contributed by atoms with Gasteiger partial charge in [0.25, 0.3) is 5.91 Å². The summed E-state index contributed by atoms with van der Waals surface area (Å²) in [5.41, 5.74) is 3.33. The summed E-state index contributed by atoms with van der Waals surface area (Å²) in [4.78, 5) is 20.4. The Morgan fingerprint density at radius 2 is 1.96 bits per heavy atom. The van der Waals surface area contributed by atoms with Gasteiger partial charge in [0.1, 0.15) is 0 Å². The van der Waals surface area contributed by atoms with Gasteiger partial charge in [-0.15, -0.1) is 0 Å². The Bertz CT molecular complexity index is 844. The van der Waals surface area contributed by atoms with Crippen molar-refractivity contribution in [2.75, 3.05) is 7.05 Å². The van der Waals surface area contributed by atoms with Crippen LogP contribution in [-0.4, -0.2) is 50.7 Å². The highest BCUT2D eigenvalue weighted by Crippen LogP contribution is 2.34. The highest BCUT2D eigenvalue weighted by atomic mass is 16.1. The van der Waals surface area contributed by atoms with Crippen LogP contribution in [0.4, 0.5) is 0 Å². The first-order chi connectivity index (χ1) is 13.0. The van der Waals surface area contributed by atoms with E-state index in [0.29, 0.717) is 12.1 Å². The van der Waals surface area contributed by atoms with E-state index in [9.17, 15) is 4.79 Å². The largest absolute Gasteiger partial charge is 0.349 e. The first-order valence-corrected chi connectivity index (χ1v) is 10.4. The molecule has 6 nitrogen and oxygen atoms in total. The van der Waals surface area contributed by atoms with Crippen molar-refractivity contribution in [3.05, 3.63) is 23.0 Å². The van der Waals surface area contributed by atoms with Gasteiger partial charge in [0.2, 0.25) is 0 Å². The lowest BCUT2D eigenvalue weighted by molar-refractivity contribution is 0.0884. The number of hydrogen-bond donors (Lipinski definition) is 1. The van der Waals surface area contributed by atoms with E-state index in [1.807, 2.05) is 24.6 Å². The number of aryl methyl sites for hydroxylation is 3. The van der Waals surface area contributed by atoms with Crippen LogP contribution in [-0.2, 0) is 6.54 Å². The molecule has 1 amide bonds. The fourth-order valence-corrected chi connectivity index (χ4v) is 4.91. The molecule has 1 N–H and O–H groups in total. The molecule has 0 unspecified atom stereocenters. The number of pyridine rings is 1. The van der Waals surface area contributed by atoms with E-state index in [1.165, 1.54) is 12.8 Å². The number of amides is 1. The third-order valence-electron chi connectivity index (χ3n) is 6.41. The van der Waals surface area contributed by atoms with Crippen molar-refractivity contribution in [3.63, 3.8) is 0 Å². The Hall–Kier alpha value is -1.95. The van der Waals surface area contributed by atoms with Gasteiger partial charge >= 0.3 is 0 Å². The molecule has 0 aromatic carbocycles. The number of carbonyl (C=O) groups excluding carboxylic acids is 1. The molecule has 2 atom stereocenters. The summed E-state index contributed by atoms with van der Waals surface area (Å²) in [5, 5.41) is 8.90. The second kappa shape index (κ2) is 7.23. The van der Waals surface area contributed by atoms with E-state index < -0.39 is 0 Å². The average Bonchev–Trinajstić information content (AvgIpc) is 3.03. The topological polar surface area (TPSA) is 63.1 Å². The summed E-state index contributed by atoms with van der Waals surface area (Å²) in [6.07, 6.45) is 6.80. The quantitative estimate of drug-likeness (QED) is 0.879. The number of nitrogens with one attached hydrogen (secondary N) is 1. The van der Waals surface area contributed by atoms with Crippen LogP contribution >= 0.6 is 0 Å². The van der Waals surface area contributed by atoms with Gasteiger partial charge in [-0.2, -0.15) is 5.10 Å². The molecule has 0 saturated carbocycles. The minimum absolute atomic E-state index is 0.0256. The molecule has 0 aliphatic carbocycles. The molecule has 2 saturated heterocycles. The Morgan fingerprint density at radius 1 is 1.26 bits per heavy atom. The normalized spacial score (nSPS) is 25.3. The smallest absolute Gasteiger partial charge is 0.252 e. The fourth-order valence-electron chi connectivity index (χ4n) is 4.91. The maximum atomic E-state index is 13.2. The molecule has 6 heteroatoms. The third-order valence-corrected chi connectivity index (χ3v) is 6.41. The van der Waals surface area contributed by atoms with Gasteiger partial charge in [0.05, 0.1) is 16.6 Å². The summed E-state index contributed by atoms with van der Waals surface area (Å²) in [7, 11) is 2.23. The zero-order valence-electron chi connectivity index (χ0n) is 17.0. The van der Waals surface area contributed by atoms with Crippen LogP contribution in [0.1, 0.15) is 67.2 Å². The van der Waals surface area contributed by atoms with Crippen molar-refractivity contribution in [2.45, 2.75) is 84.0 Å². The summed E-state index contributed by atoms with van der Waals surface area (Å²) < 4.78 is 1.97. The van der Waals surface area contributed by atoms with Crippen molar-refractivity contribution in [1.82, 2.24) is 25.0 Å². The van der Waals surface area contributed by atoms with Crippen molar-refractivity contribution >= 4 is 16.9 Å². The number of nitrogens with zero attached hydrogens (tertiary/aromatic N) is 4. The Kier molecular flexibility index (Phi) is 4.93. The van der Waals surface area contributed by atoms with Gasteiger partial charge in [0.15, 0.2) is 5.65 Å². The lowest BCUT2D eigenvalue weighted by Gasteiger charge is -2.36. The lowest BCUT2D eigenvalue weighted by Crippen LogP contribution is -2.48. The number of aromatic nitrogens is 3. The molecule has 2 aromatic rings. The van der Waals surface area contributed by atoms with Crippen molar-refractivity contribution in [1.29, 1.82) is 0 Å².